The van der Waals surface area contributed by atoms with E-state index < -0.39 is 38.7 Å². The molecule has 0 saturated heterocycles. The molecule has 4 aromatic rings. The molecule has 1 aliphatic rings. The summed E-state index contributed by atoms with van der Waals surface area (Å²) >= 11 is 6.35. The van der Waals surface area contributed by atoms with Gasteiger partial charge in [0.1, 0.15) is 12.3 Å². The Labute approximate surface area is 264 Å². The van der Waals surface area contributed by atoms with Crippen molar-refractivity contribution in [3.05, 3.63) is 83.4 Å². The van der Waals surface area contributed by atoms with Crippen molar-refractivity contribution in [2.75, 3.05) is 18.0 Å². The maximum absolute atomic E-state index is 13.7. The molecule has 0 unspecified atom stereocenters. The zero-order chi connectivity index (χ0) is 32.5. The highest BCUT2D eigenvalue weighted by Gasteiger charge is 2.37. The lowest BCUT2D eigenvalue weighted by Crippen LogP contribution is -2.48. The Balaban J connectivity index is 1.53. The predicted molar refractivity (Wildman–Crippen MR) is 168 cm³/mol. The summed E-state index contributed by atoms with van der Waals surface area (Å²) < 4.78 is 67.0. The van der Waals surface area contributed by atoms with E-state index >= 15 is 0 Å². The number of carbonyl (C=O) groups is 2. The number of carboxylic acids is 1. The fourth-order valence-electron chi connectivity index (χ4n) is 5.02. The normalized spacial score (nSPS) is 14.1. The molecule has 0 saturated carbocycles. The molecule has 1 heterocycles. The molecule has 3 N–H and O–H groups in total. The van der Waals surface area contributed by atoms with Gasteiger partial charge in [-0.2, -0.15) is 8.42 Å². The third-order valence-electron chi connectivity index (χ3n) is 7.09. The van der Waals surface area contributed by atoms with E-state index in [0.29, 0.717) is 38.1 Å². The van der Waals surface area contributed by atoms with Crippen molar-refractivity contribution in [3.63, 3.8) is 0 Å². The molecule has 0 spiro atoms. The van der Waals surface area contributed by atoms with E-state index in [-0.39, 0.29) is 34.2 Å². The number of sulfonamides is 1. The summed E-state index contributed by atoms with van der Waals surface area (Å²) in [5.74, 6) is -1.64. The lowest BCUT2D eigenvalue weighted by Gasteiger charge is -2.29. The SMILES string of the molecule is COc1ccc2c(c1)OC(=O)CN2S(=O)(=O)NS(=O)(=O)c1ccc(-c2cc(Cl)ccc2CN[C@@H](C)CC(=O)O)c2ccccc12. The fourth-order valence-corrected chi connectivity index (χ4v) is 8.42. The highest BCUT2D eigenvalue weighted by molar-refractivity contribution is 8.05. The smallest absolute Gasteiger partial charge is 0.332 e. The van der Waals surface area contributed by atoms with E-state index in [0.717, 1.165) is 5.56 Å². The van der Waals surface area contributed by atoms with E-state index in [1.54, 1.807) is 59.6 Å². The van der Waals surface area contributed by atoms with E-state index in [2.05, 4.69) is 5.32 Å². The Morgan fingerprint density at radius 1 is 1.02 bits per heavy atom. The van der Waals surface area contributed by atoms with Gasteiger partial charge < -0.3 is 19.9 Å². The van der Waals surface area contributed by atoms with E-state index in [1.807, 2.05) is 0 Å². The van der Waals surface area contributed by atoms with Gasteiger partial charge in [0.05, 0.1) is 24.1 Å². The molecule has 45 heavy (non-hydrogen) atoms. The molecule has 0 amide bonds. The summed E-state index contributed by atoms with van der Waals surface area (Å²) in [6, 6.07) is 18.5. The Kier molecular flexibility index (Phi) is 9.05. The molecule has 236 valence electrons. The number of rotatable bonds is 11. The Morgan fingerprint density at radius 3 is 2.47 bits per heavy atom. The van der Waals surface area contributed by atoms with Crippen molar-refractivity contribution in [3.8, 4) is 22.6 Å². The first-order valence-electron chi connectivity index (χ1n) is 13.5. The van der Waals surface area contributed by atoms with Crippen LogP contribution in [0.2, 0.25) is 5.02 Å². The third-order valence-corrected chi connectivity index (χ3v) is 10.9. The van der Waals surface area contributed by atoms with Crippen LogP contribution in [0.3, 0.4) is 0 Å². The summed E-state index contributed by atoms with van der Waals surface area (Å²) in [6.07, 6.45) is -0.0767. The van der Waals surface area contributed by atoms with Gasteiger partial charge in [0.15, 0.2) is 5.75 Å². The molecule has 0 aliphatic carbocycles. The maximum atomic E-state index is 13.7. The minimum Gasteiger partial charge on any atom is -0.497 e. The van der Waals surface area contributed by atoms with Gasteiger partial charge in [-0.1, -0.05) is 52.1 Å². The predicted octanol–water partition coefficient (Wildman–Crippen LogP) is 4.07. The fraction of sp³-hybridized carbons (Fsp3) is 0.200. The van der Waals surface area contributed by atoms with Gasteiger partial charge in [0.25, 0.3) is 10.0 Å². The van der Waals surface area contributed by atoms with Crippen molar-refractivity contribution >= 4 is 60.2 Å². The second-order valence-electron chi connectivity index (χ2n) is 10.2. The van der Waals surface area contributed by atoms with Crippen LogP contribution in [0.25, 0.3) is 21.9 Å². The summed E-state index contributed by atoms with van der Waals surface area (Å²) in [6.45, 7) is 1.31. The van der Waals surface area contributed by atoms with Crippen LogP contribution < -0.4 is 23.2 Å². The van der Waals surface area contributed by atoms with Crippen molar-refractivity contribution in [1.82, 2.24) is 9.44 Å². The lowest BCUT2D eigenvalue weighted by atomic mass is 9.94. The summed E-state index contributed by atoms with van der Waals surface area (Å²) in [5.41, 5.74) is 2.04. The molecule has 0 aromatic heterocycles. The number of hydrogen-bond acceptors (Lipinski definition) is 9. The first-order valence-corrected chi connectivity index (χ1v) is 16.8. The van der Waals surface area contributed by atoms with Gasteiger partial charge in [-0.05, 0) is 59.3 Å². The molecular formula is C30H28ClN3O9S2. The summed E-state index contributed by atoms with van der Waals surface area (Å²) in [4.78, 5) is 23.1. The number of nitrogens with zero attached hydrogens (tertiary/aromatic N) is 1. The quantitative estimate of drug-likeness (QED) is 0.156. The van der Waals surface area contributed by atoms with Crippen molar-refractivity contribution in [1.29, 1.82) is 0 Å². The van der Waals surface area contributed by atoms with Gasteiger partial charge >= 0.3 is 22.1 Å². The number of halogens is 1. The standard InChI is InChI=1S/C30H28ClN3O9S2/c1-18(13-29(35)36)32-16-19-7-8-20(31)14-25(19)23-10-12-28(24-6-4-3-5-22(23)24)44(38,39)33-45(40,41)34-17-30(37)43-27-15-21(42-2)9-11-26(27)34/h3-12,14-15,18,32-33H,13,16-17H2,1-2H3,(H,35,36)/t18-/m0/s1. The zero-order valence-electron chi connectivity index (χ0n) is 24.0. The second kappa shape index (κ2) is 12.7. The Morgan fingerprint density at radius 2 is 1.76 bits per heavy atom. The molecule has 0 bridgehead atoms. The van der Waals surface area contributed by atoms with Crippen molar-refractivity contribution in [2.45, 2.75) is 30.8 Å². The van der Waals surface area contributed by atoms with Crippen LogP contribution in [0.1, 0.15) is 18.9 Å². The molecule has 12 nitrogen and oxygen atoms in total. The molecule has 1 atom stereocenters. The van der Waals surface area contributed by atoms with Crippen LogP contribution in [-0.2, 0) is 36.4 Å². The average molecular weight is 674 g/mol. The van der Waals surface area contributed by atoms with Gasteiger partial charge in [-0.25, -0.2) is 17.5 Å². The summed E-state index contributed by atoms with van der Waals surface area (Å²) in [5, 5.41) is 13.4. The molecule has 0 radical (unpaired) electrons. The van der Waals surface area contributed by atoms with E-state index in [9.17, 15) is 26.4 Å². The number of esters is 1. The topological polar surface area (TPSA) is 168 Å². The number of carbonyl (C=O) groups excluding carboxylic acids is 1. The molecule has 5 rings (SSSR count). The van der Waals surface area contributed by atoms with Crippen LogP contribution >= 0.6 is 11.6 Å². The van der Waals surface area contributed by atoms with Crippen molar-refractivity contribution in [2.24, 2.45) is 0 Å². The largest absolute Gasteiger partial charge is 0.497 e. The third kappa shape index (κ3) is 6.89. The molecular weight excluding hydrogens is 646 g/mol. The molecule has 4 aromatic carbocycles. The summed E-state index contributed by atoms with van der Waals surface area (Å²) in [7, 11) is -8.18. The van der Waals surface area contributed by atoms with Crippen LogP contribution in [0.5, 0.6) is 11.5 Å². The lowest BCUT2D eigenvalue weighted by molar-refractivity contribution is -0.137. The number of fused-ring (bicyclic) bond motifs is 2. The van der Waals surface area contributed by atoms with Crippen LogP contribution in [0.4, 0.5) is 5.69 Å². The highest BCUT2D eigenvalue weighted by atomic mass is 35.5. The number of nitrogens with one attached hydrogen (secondary N) is 2. The number of hydrogen-bond donors (Lipinski definition) is 3. The first-order chi connectivity index (χ1) is 21.3. The number of ether oxygens (including phenoxy) is 2. The minimum atomic E-state index is -4.84. The van der Waals surface area contributed by atoms with Gasteiger partial charge in [-0.15, -0.1) is 0 Å². The van der Waals surface area contributed by atoms with Gasteiger partial charge in [0.2, 0.25) is 0 Å². The Bertz CT molecular complexity index is 2040. The second-order valence-corrected chi connectivity index (χ2v) is 14.2. The minimum absolute atomic E-state index is 0.0434. The van der Waals surface area contributed by atoms with Gasteiger partial charge in [-0.3, -0.25) is 4.79 Å². The number of anilines is 1. The van der Waals surface area contributed by atoms with E-state index in [4.69, 9.17) is 26.2 Å². The number of benzene rings is 4. The average Bonchev–Trinajstić information content (AvgIpc) is 2.98. The molecule has 0 fully saturated rings. The van der Waals surface area contributed by atoms with Crippen LogP contribution in [0.15, 0.2) is 77.7 Å². The Hall–Kier alpha value is -4.21. The van der Waals surface area contributed by atoms with E-state index in [1.165, 1.54) is 31.4 Å². The number of carboxylic acid groups (broad SMARTS) is 1. The zero-order valence-corrected chi connectivity index (χ0v) is 26.4. The number of methoxy groups -OCH3 is 1. The first kappa shape index (κ1) is 32.2. The maximum Gasteiger partial charge on any atom is 0.332 e. The van der Waals surface area contributed by atoms with Crippen molar-refractivity contribution < 1.29 is 41.0 Å². The molecule has 1 aliphatic heterocycles. The van der Waals surface area contributed by atoms with Crippen LogP contribution in [-0.4, -0.2) is 53.6 Å². The van der Waals surface area contributed by atoms with Gasteiger partial charge in [0, 0.05) is 29.1 Å². The van der Waals surface area contributed by atoms with Crippen LogP contribution in [0, 0.1) is 0 Å². The number of aliphatic carboxylic acids is 1. The highest BCUT2D eigenvalue weighted by Crippen LogP contribution is 2.38. The monoisotopic (exact) mass is 673 g/mol. The molecule has 15 heteroatoms.